The van der Waals surface area contributed by atoms with Crippen LogP contribution in [0, 0.1) is 0 Å². The summed E-state index contributed by atoms with van der Waals surface area (Å²) in [5.74, 6) is -0.639. The van der Waals surface area contributed by atoms with E-state index < -0.39 is 5.91 Å². The van der Waals surface area contributed by atoms with Gasteiger partial charge in [0.15, 0.2) is 0 Å². The molecule has 0 aliphatic heterocycles. The number of nitrogens with two attached hydrogens (primary N) is 1. The topological polar surface area (TPSA) is 78.9 Å². The first-order valence-electron chi connectivity index (χ1n) is 3.47. The Kier molecular flexibility index (Phi) is 4.71. The largest absolute Gasteiger partial charge is 0.396 e. The van der Waals surface area contributed by atoms with Gasteiger partial charge in [-0.05, 0) is 6.42 Å². The number of aliphatic hydroxyl groups excluding tert-OH is 1. The molecule has 0 aliphatic carbocycles. The number of aliphatic hydroxyl groups is 1. The molecule has 5 heteroatoms. The monoisotopic (exact) mass is 171 g/mol. The molecule has 0 unspecified atom stereocenters. The normalized spacial score (nSPS) is 9.08. The molecule has 0 aromatic carbocycles. The number of carbonyl (C=O) groups excluding carboxylic acids is 1. The summed E-state index contributed by atoms with van der Waals surface area (Å²) in [6, 6.07) is 0. The van der Waals surface area contributed by atoms with E-state index >= 15 is 0 Å². The fourth-order valence-corrected chi connectivity index (χ4v) is 0.639. The molecule has 68 valence electrons. The number of amides is 1. The van der Waals surface area contributed by atoms with Crippen molar-refractivity contribution in [2.45, 2.75) is 6.42 Å². The number of hydrogen-bond acceptors (Lipinski definition) is 4. The number of carbonyl (C=O) groups is 1. The second kappa shape index (κ2) is 5.31. The molecule has 3 N–H and O–H groups in total. The van der Waals surface area contributed by atoms with Gasteiger partial charge in [-0.15, -0.1) is 0 Å². The van der Waals surface area contributed by atoms with Gasteiger partial charge in [-0.3, -0.25) is 9.80 Å². The number of primary amides is 1. The van der Waals surface area contributed by atoms with E-state index in [1.807, 2.05) is 0 Å². The van der Waals surface area contributed by atoms with Crippen molar-refractivity contribution in [1.29, 1.82) is 0 Å². The van der Waals surface area contributed by atoms with Crippen molar-refractivity contribution in [1.82, 2.24) is 5.01 Å². The first kappa shape index (κ1) is 10.6. The molecule has 0 bridgehead atoms. The van der Waals surface area contributed by atoms with Gasteiger partial charge in [0.05, 0.1) is 0 Å². The summed E-state index contributed by atoms with van der Waals surface area (Å²) >= 11 is 0. The van der Waals surface area contributed by atoms with Crippen molar-refractivity contribution < 1.29 is 9.90 Å². The summed E-state index contributed by atoms with van der Waals surface area (Å²) in [6.45, 7) is 7.07. The van der Waals surface area contributed by atoms with E-state index in [0.717, 1.165) is 0 Å². The molecule has 5 nitrogen and oxygen atoms in total. The van der Waals surface area contributed by atoms with E-state index in [4.69, 9.17) is 10.8 Å². The lowest BCUT2D eigenvalue weighted by atomic mass is 10.4. The Morgan fingerprint density at radius 3 is 2.58 bits per heavy atom. The second-order valence-electron chi connectivity index (χ2n) is 2.15. The van der Waals surface area contributed by atoms with Crippen molar-refractivity contribution in [2.75, 3.05) is 13.2 Å². The van der Waals surface area contributed by atoms with Crippen LogP contribution in [0.5, 0.6) is 0 Å². The molecule has 0 radical (unpaired) electrons. The van der Waals surface area contributed by atoms with E-state index in [0.29, 0.717) is 13.0 Å². The predicted molar refractivity (Wildman–Crippen MR) is 46.3 cm³/mol. The van der Waals surface area contributed by atoms with Crippen molar-refractivity contribution >= 4 is 12.6 Å². The van der Waals surface area contributed by atoms with Gasteiger partial charge in [-0.25, -0.2) is 0 Å². The standard InChI is InChI=1S/C7H13N3O2/c1-6(7(8)12)10(9-2)4-3-5-11/h11H,1-5H2,(H2,8,12). The summed E-state index contributed by atoms with van der Waals surface area (Å²) in [5.41, 5.74) is 5.04. The fourth-order valence-electron chi connectivity index (χ4n) is 0.639. The number of nitrogens with zero attached hydrogens (tertiary/aromatic N) is 2. The molecule has 0 rings (SSSR count). The molecule has 0 aliphatic rings. The molecule has 1 amide bonds. The Morgan fingerprint density at radius 2 is 2.25 bits per heavy atom. The molecule has 0 aromatic rings. The van der Waals surface area contributed by atoms with Gasteiger partial charge in [-0.1, -0.05) is 6.58 Å². The summed E-state index contributed by atoms with van der Waals surface area (Å²) < 4.78 is 0. The van der Waals surface area contributed by atoms with Crippen molar-refractivity contribution in [3.63, 3.8) is 0 Å². The summed E-state index contributed by atoms with van der Waals surface area (Å²) in [7, 11) is 0. The van der Waals surface area contributed by atoms with Gasteiger partial charge < -0.3 is 10.8 Å². The lowest BCUT2D eigenvalue weighted by Gasteiger charge is -2.17. The maximum absolute atomic E-state index is 10.6. The molecule has 0 saturated heterocycles. The number of hydrogen-bond donors (Lipinski definition) is 2. The Morgan fingerprint density at radius 1 is 1.67 bits per heavy atom. The third-order valence-corrected chi connectivity index (χ3v) is 1.29. The Balaban J connectivity index is 4.05. The van der Waals surface area contributed by atoms with Crippen LogP contribution in [-0.2, 0) is 4.79 Å². The van der Waals surface area contributed by atoms with Crippen molar-refractivity contribution in [3.8, 4) is 0 Å². The maximum Gasteiger partial charge on any atom is 0.266 e. The molecule has 12 heavy (non-hydrogen) atoms. The quantitative estimate of drug-likeness (QED) is 0.314. The van der Waals surface area contributed by atoms with Crippen molar-refractivity contribution in [2.24, 2.45) is 10.8 Å². The van der Waals surface area contributed by atoms with Crippen LogP contribution >= 0.6 is 0 Å². The van der Waals surface area contributed by atoms with Crippen LogP contribution in [-0.4, -0.2) is 35.9 Å². The van der Waals surface area contributed by atoms with Crippen molar-refractivity contribution in [3.05, 3.63) is 12.3 Å². The van der Waals surface area contributed by atoms with Crippen LogP contribution in [0.25, 0.3) is 0 Å². The number of rotatable bonds is 6. The van der Waals surface area contributed by atoms with Gasteiger partial charge in [0.2, 0.25) is 0 Å². The lowest BCUT2D eigenvalue weighted by Crippen LogP contribution is -2.27. The Labute approximate surface area is 71.2 Å². The average molecular weight is 171 g/mol. The van der Waals surface area contributed by atoms with Gasteiger partial charge in [0.1, 0.15) is 5.70 Å². The highest BCUT2D eigenvalue weighted by molar-refractivity contribution is 5.90. The summed E-state index contributed by atoms with van der Waals surface area (Å²) in [4.78, 5) is 10.6. The molecule has 0 heterocycles. The van der Waals surface area contributed by atoms with Gasteiger partial charge >= 0.3 is 0 Å². The zero-order valence-corrected chi connectivity index (χ0v) is 6.86. The molecule has 0 atom stereocenters. The van der Waals surface area contributed by atoms with E-state index in [-0.39, 0.29) is 12.3 Å². The van der Waals surface area contributed by atoms with Crippen LogP contribution in [0.3, 0.4) is 0 Å². The van der Waals surface area contributed by atoms with E-state index in [2.05, 4.69) is 18.4 Å². The van der Waals surface area contributed by atoms with E-state index in [9.17, 15) is 4.79 Å². The van der Waals surface area contributed by atoms with Crippen LogP contribution in [0.2, 0.25) is 0 Å². The summed E-state index contributed by atoms with van der Waals surface area (Å²) in [6.07, 6.45) is 0.491. The first-order chi connectivity index (χ1) is 5.63. The fraction of sp³-hybridized carbons (Fsp3) is 0.429. The van der Waals surface area contributed by atoms with E-state index in [1.165, 1.54) is 5.01 Å². The van der Waals surface area contributed by atoms with Gasteiger partial charge in [-0.2, -0.15) is 5.10 Å². The zero-order valence-electron chi connectivity index (χ0n) is 6.86. The predicted octanol–water partition coefficient (Wildman–Crippen LogP) is -0.715. The minimum absolute atomic E-state index is 0.0259. The average Bonchev–Trinajstić information content (AvgIpc) is 2.05. The summed E-state index contributed by atoms with van der Waals surface area (Å²) in [5, 5.41) is 13.3. The molecular weight excluding hydrogens is 158 g/mol. The maximum atomic E-state index is 10.6. The Bertz CT molecular complexity index is 191. The van der Waals surface area contributed by atoms with Crippen LogP contribution < -0.4 is 5.73 Å². The second-order valence-corrected chi connectivity index (χ2v) is 2.15. The van der Waals surface area contributed by atoms with Crippen LogP contribution in [0.15, 0.2) is 17.4 Å². The highest BCUT2D eigenvalue weighted by Crippen LogP contribution is 2.01. The molecule has 0 saturated carbocycles. The molecule has 0 fully saturated rings. The molecule has 0 spiro atoms. The number of hydrazone groups is 1. The van der Waals surface area contributed by atoms with E-state index in [1.54, 1.807) is 0 Å². The smallest absolute Gasteiger partial charge is 0.266 e. The zero-order chi connectivity index (χ0) is 9.56. The minimum Gasteiger partial charge on any atom is -0.396 e. The third kappa shape index (κ3) is 3.16. The van der Waals surface area contributed by atoms with Crippen LogP contribution in [0.1, 0.15) is 6.42 Å². The minimum atomic E-state index is -0.639. The highest BCUT2D eigenvalue weighted by Gasteiger charge is 2.09. The molecule has 0 aromatic heterocycles. The third-order valence-electron chi connectivity index (χ3n) is 1.29. The van der Waals surface area contributed by atoms with Gasteiger partial charge in [0.25, 0.3) is 5.91 Å². The highest BCUT2D eigenvalue weighted by atomic mass is 16.3. The van der Waals surface area contributed by atoms with Crippen LogP contribution in [0.4, 0.5) is 0 Å². The lowest BCUT2D eigenvalue weighted by molar-refractivity contribution is -0.116. The first-order valence-corrected chi connectivity index (χ1v) is 3.47. The van der Waals surface area contributed by atoms with Gasteiger partial charge in [0, 0.05) is 19.9 Å². The SMILES string of the molecule is C=NN(CCCO)C(=C)C(N)=O. The molecular formula is C7H13N3O2. The Hall–Kier alpha value is -1.36.